The average Bonchev–Trinajstić information content (AvgIpc) is 3.11. The highest BCUT2D eigenvalue weighted by Crippen LogP contribution is 2.15. The monoisotopic (exact) mass is 399 g/mol. The molecule has 0 saturated carbocycles. The number of nitrogens with one attached hydrogen (secondary N) is 2. The third-order valence-electron chi connectivity index (χ3n) is 3.56. The van der Waals surface area contributed by atoms with Gasteiger partial charge < -0.3 is 24.8 Å². The first kappa shape index (κ1) is 19.0. The van der Waals surface area contributed by atoms with Crippen LogP contribution < -0.4 is 15.4 Å². The molecule has 24 heavy (non-hydrogen) atoms. The number of hydrogen-bond acceptors (Lipinski definition) is 4. The number of nitrogens with zero attached hydrogens (tertiary/aromatic N) is 1. The van der Waals surface area contributed by atoms with E-state index in [-0.39, 0.29) is 6.10 Å². The molecule has 0 amide bonds. The lowest BCUT2D eigenvalue weighted by Gasteiger charge is -2.13. The van der Waals surface area contributed by atoms with Crippen molar-refractivity contribution >= 4 is 21.9 Å². The van der Waals surface area contributed by atoms with Crippen LogP contribution in [0.3, 0.4) is 0 Å². The maximum absolute atomic E-state index is 5.73. The number of ether oxygens (including phenoxy) is 3. The molecule has 1 fully saturated rings. The molecule has 1 aliphatic rings. The molecule has 0 radical (unpaired) electrons. The Morgan fingerprint density at radius 1 is 1.25 bits per heavy atom. The van der Waals surface area contributed by atoms with Crippen LogP contribution >= 0.6 is 15.9 Å². The fourth-order valence-electron chi connectivity index (χ4n) is 2.26. The minimum Gasteiger partial charge on any atom is -0.492 e. The van der Waals surface area contributed by atoms with Crippen LogP contribution in [0.1, 0.15) is 12.8 Å². The standard InChI is InChI=1S/C17H26BrN3O3/c1-19-17(20-8-2-10-23-16-7-11-22-13-16)21-9-12-24-15-5-3-14(18)4-6-15/h3-6,16H,2,7-13H2,1H3,(H2,19,20,21). The third kappa shape index (κ3) is 7.51. The highest BCUT2D eigenvalue weighted by atomic mass is 79.9. The highest BCUT2D eigenvalue weighted by Gasteiger charge is 2.15. The SMILES string of the molecule is CN=C(NCCCOC1CCOC1)NCCOc1ccc(Br)cc1. The summed E-state index contributed by atoms with van der Waals surface area (Å²) in [6.07, 6.45) is 2.22. The van der Waals surface area contributed by atoms with Crippen molar-refractivity contribution in [2.75, 3.05) is 46.6 Å². The van der Waals surface area contributed by atoms with Crippen LogP contribution in [0.5, 0.6) is 5.75 Å². The summed E-state index contributed by atoms with van der Waals surface area (Å²) in [5, 5.41) is 6.49. The van der Waals surface area contributed by atoms with Crippen LogP contribution in [0.4, 0.5) is 0 Å². The summed E-state index contributed by atoms with van der Waals surface area (Å²) in [5.41, 5.74) is 0. The summed E-state index contributed by atoms with van der Waals surface area (Å²) in [5.74, 6) is 1.63. The molecule has 1 saturated heterocycles. The Kier molecular flexibility index (Phi) is 8.94. The predicted molar refractivity (Wildman–Crippen MR) is 98.8 cm³/mol. The predicted octanol–water partition coefficient (Wildman–Crippen LogP) is 2.19. The van der Waals surface area contributed by atoms with Crippen molar-refractivity contribution in [1.29, 1.82) is 0 Å². The Morgan fingerprint density at radius 2 is 2.04 bits per heavy atom. The molecule has 6 nitrogen and oxygen atoms in total. The van der Waals surface area contributed by atoms with Crippen molar-refractivity contribution in [2.24, 2.45) is 4.99 Å². The second kappa shape index (κ2) is 11.3. The third-order valence-corrected chi connectivity index (χ3v) is 4.08. The van der Waals surface area contributed by atoms with Gasteiger partial charge >= 0.3 is 0 Å². The van der Waals surface area contributed by atoms with E-state index in [0.29, 0.717) is 13.2 Å². The minimum absolute atomic E-state index is 0.276. The van der Waals surface area contributed by atoms with Crippen molar-refractivity contribution < 1.29 is 14.2 Å². The number of halogens is 1. The number of hydrogen-bond donors (Lipinski definition) is 2. The first-order valence-electron chi connectivity index (χ1n) is 8.30. The van der Waals surface area contributed by atoms with Crippen molar-refractivity contribution in [3.8, 4) is 5.75 Å². The molecule has 0 aromatic heterocycles. The molecule has 0 aliphatic carbocycles. The molecular formula is C17H26BrN3O3. The van der Waals surface area contributed by atoms with Gasteiger partial charge in [-0.25, -0.2) is 0 Å². The Labute approximate surface area is 152 Å². The van der Waals surface area contributed by atoms with Crippen LogP contribution in [-0.2, 0) is 9.47 Å². The van der Waals surface area contributed by atoms with Crippen LogP contribution in [0.2, 0.25) is 0 Å². The lowest BCUT2D eigenvalue weighted by atomic mass is 10.3. The second-order valence-corrected chi connectivity index (χ2v) is 6.35. The van der Waals surface area contributed by atoms with Crippen molar-refractivity contribution in [3.63, 3.8) is 0 Å². The molecule has 1 aromatic carbocycles. The zero-order valence-electron chi connectivity index (χ0n) is 14.1. The largest absolute Gasteiger partial charge is 0.492 e. The molecule has 1 aliphatic heterocycles. The van der Waals surface area contributed by atoms with Crippen molar-refractivity contribution in [2.45, 2.75) is 18.9 Å². The maximum Gasteiger partial charge on any atom is 0.191 e. The van der Waals surface area contributed by atoms with E-state index in [0.717, 1.165) is 55.4 Å². The van der Waals surface area contributed by atoms with Crippen LogP contribution in [0.25, 0.3) is 0 Å². The maximum atomic E-state index is 5.73. The topological polar surface area (TPSA) is 64.1 Å². The van der Waals surface area contributed by atoms with E-state index < -0.39 is 0 Å². The molecular weight excluding hydrogens is 374 g/mol. The molecule has 7 heteroatoms. The van der Waals surface area contributed by atoms with Crippen LogP contribution in [-0.4, -0.2) is 58.6 Å². The average molecular weight is 400 g/mol. The summed E-state index contributed by atoms with van der Waals surface area (Å²) in [6, 6.07) is 7.80. The first-order valence-corrected chi connectivity index (χ1v) is 9.09. The van der Waals surface area contributed by atoms with E-state index in [4.69, 9.17) is 14.2 Å². The van der Waals surface area contributed by atoms with Gasteiger partial charge in [-0.2, -0.15) is 0 Å². The normalized spacial score (nSPS) is 17.8. The number of aliphatic imine (C=N–C) groups is 1. The van der Waals surface area contributed by atoms with Gasteiger partial charge in [0, 0.05) is 31.3 Å². The van der Waals surface area contributed by atoms with E-state index in [1.165, 1.54) is 0 Å². The molecule has 0 bridgehead atoms. The van der Waals surface area contributed by atoms with Gasteiger partial charge in [0.2, 0.25) is 0 Å². The van der Waals surface area contributed by atoms with E-state index in [1.807, 2.05) is 24.3 Å². The van der Waals surface area contributed by atoms with Gasteiger partial charge in [0.1, 0.15) is 12.4 Å². The Morgan fingerprint density at radius 3 is 2.75 bits per heavy atom. The number of rotatable bonds is 9. The Balaban J connectivity index is 1.49. The van der Waals surface area contributed by atoms with Gasteiger partial charge in [-0.3, -0.25) is 4.99 Å². The van der Waals surface area contributed by atoms with Crippen LogP contribution in [0, 0.1) is 0 Å². The summed E-state index contributed by atoms with van der Waals surface area (Å²) in [4.78, 5) is 4.19. The molecule has 1 unspecified atom stereocenters. The van der Waals surface area contributed by atoms with E-state index in [1.54, 1.807) is 7.05 Å². The van der Waals surface area contributed by atoms with E-state index >= 15 is 0 Å². The number of benzene rings is 1. The fraction of sp³-hybridized carbons (Fsp3) is 0.588. The fourth-order valence-corrected chi connectivity index (χ4v) is 2.53. The minimum atomic E-state index is 0.276. The molecule has 0 spiro atoms. The molecule has 2 rings (SSSR count). The van der Waals surface area contributed by atoms with Gasteiger partial charge in [-0.15, -0.1) is 0 Å². The molecule has 1 heterocycles. The Bertz CT molecular complexity index is 490. The van der Waals surface area contributed by atoms with Gasteiger partial charge in [0.05, 0.1) is 19.3 Å². The smallest absolute Gasteiger partial charge is 0.191 e. The van der Waals surface area contributed by atoms with E-state index in [9.17, 15) is 0 Å². The first-order chi connectivity index (χ1) is 11.8. The summed E-state index contributed by atoms with van der Waals surface area (Å²) in [6.45, 7) is 4.38. The second-order valence-electron chi connectivity index (χ2n) is 5.44. The lowest BCUT2D eigenvalue weighted by molar-refractivity contribution is 0.0420. The summed E-state index contributed by atoms with van der Waals surface area (Å²) in [7, 11) is 1.76. The van der Waals surface area contributed by atoms with Gasteiger partial charge in [0.25, 0.3) is 0 Å². The van der Waals surface area contributed by atoms with Gasteiger partial charge in [-0.05, 0) is 37.1 Å². The molecule has 134 valence electrons. The van der Waals surface area contributed by atoms with Crippen LogP contribution in [0.15, 0.2) is 33.7 Å². The summed E-state index contributed by atoms with van der Waals surface area (Å²) < 4.78 is 17.7. The molecule has 2 N–H and O–H groups in total. The van der Waals surface area contributed by atoms with Gasteiger partial charge in [-0.1, -0.05) is 15.9 Å². The molecule has 1 atom stereocenters. The van der Waals surface area contributed by atoms with Crippen molar-refractivity contribution in [1.82, 2.24) is 10.6 Å². The lowest BCUT2D eigenvalue weighted by Crippen LogP contribution is -2.40. The quantitative estimate of drug-likeness (QED) is 0.378. The van der Waals surface area contributed by atoms with E-state index in [2.05, 4.69) is 31.6 Å². The molecule has 1 aromatic rings. The number of guanidine groups is 1. The Hall–Kier alpha value is -1.31. The zero-order chi connectivity index (χ0) is 17.0. The zero-order valence-corrected chi connectivity index (χ0v) is 15.7. The summed E-state index contributed by atoms with van der Waals surface area (Å²) >= 11 is 3.40. The van der Waals surface area contributed by atoms with Gasteiger partial charge in [0.15, 0.2) is 5.96 Å². The highest BCUT2D eigenvalue weighted by molar-refractivity contribution is 9.10. The van der Waals surface area contributed by atoms with Crippen molar-refractivity contribution in [3.05, 3.63) is 28.7 Å².